The van der Waals surface area contributed by atoms with E-state index in [2.05, 4.69) is 68.0 Å². The average molecular weight is 348 g/mol. The number of amides is 1. The highest BCUT2D eigenvalue weighted by Gasteiger charge is 2.17. The molecule has 0 bridgehead atoms. The van der Waals surface area contributed by atoms with Crippen LogP contribution >= 0.6 is 0 Å². The number of benzene rings is 2. The van der Waals surface area contributed by atoms with Gasteiger partial charge in [-0.3, -0.25) is 10.2 Å². The van der Waals surface area contributed by atoms with Crippen LogP contribution in [0.3, 0.4) is 0 Å². The normalized spacial score (nSPS) is 17.3. The predicted molar refractivity (Wildman–Crippen MR) is 107 cm³/mol. The highest BCUT2D eigenvalue weighted by Crippen LogP contribution is 2.30. The molecule has 136 valence electrons. The molecule has 0 heterocycles. The zero-order valence-electron chi connectivity index (χ0n) is 15.9. The Kier molecular flexibility index (Phi) is 5.46. The molecule has 0 fully saturated rings. The molecule has 2 aromatic carbocycles. The van der Waals surface area contributed by atoms with Crippen LogP contribution in [0.4, 0.5) is 0 Å². The van der Waals surface area contributed by atoms with Gasteiger partial charge in [0.15, 0.2) is 0 Å². The van der Waals surface area contributed by atoms with Crippen molar-refractivity contribution < 1.29 is 4.79 Å². The van der Waals surface area contributed by atoms with Crippen molar-refractivity contribution in [1.82, 2.24) is 10.9 Å². The maximum atomic E-state index is 12.3. The number of hydrogen-bond donors (Lipinski definition) is 2. The first-order chi connectivity index (χ1) is 12.4. The van der Waals surface area contributed by atoms with Crippen molar-refractivity contribution in [1.29, 1.82) is 0 Å². The van der Waals surface area contributed by atoms with Gasteiger partial charge < -0.3 is 5.43 Å². The summed E-state index contributed by atoms with van der Waals surface area (Å²) in [5.74, 6) is 0.471. The van der Waals surface area contributed by atoms with Crippen molar-refractivity contribution in [2.75, 3.05) is 0 Å². The minimum absolute atomic E-state index is 0.0927. The number of nitrogens with one attached hydrogen (secondary N) is 2. The van der Waals surface area contributed by atoms with Crippen LogP contribution in [0.5, 0.6) is 0 Å². The van der Waals surface area contributed by atoms with Crippen molar-refractivity contribution in [3.8, 4) is 0 Å². The second-order valence-corrected chi connectivity index (χ2v) is 8.02. The molecular weight excluding hydrogens is 320 g/mol. The summed E-state index contributed by atoms with van der Waals surface area (Å²) < 4.78 is 0. The van der Waals surface area contributed by atoms with Crippen LogP contribution < -0.4 is 10.9 Å². The largest absolute Gasteiger partial charge is 0.303 e. The molecule has 0 radical (unpaired) electrons. The van der Waals surface area contributed by atoms with Gasteiger partial charge in [-0.2, -0.15) is 0 Å². The van der Waals surface area contributed by atoms with Crippen LogP contribution in [0.15, 0.2) is 66.4 Å². The van der Waals surface area contributed by atoms with E-state index in [1.54, 1.807) is 0 Å². The van der Waals surface area contributed by atoms with E-state index in [0.29, 0.717) is 11.5 Å². The van der Waals surface area contributed by atoms with E-state index >= 15 is 0 Å². The lowest BCUT2D eigenvalue weighted by Gasteiger charge is -2.23. The molecule has 1 atom stereocenters. The second-order valence-electron chi connectivity index (χ2n) is 8.02. The Labute approximate surface area is 156 Å². The minimum atomic E-state index is -0.100. The number of hydrogen-bond acceptors (Lipinski definition) is 2. The maximum absolute atomic E-state index is 12.3. The summed E-state index contributed by atoms with van der Waals surface area (Å²) in [6.07, 6.45) is 5.24. The van der Waals surface area contributed by atoms with Gasteiger partial charge in [0.05, 0.1) is 0 Å². The number of carbonyl (C=O) groups is 1. The van der Waals surface area contributed by atoms with Crippen LogP contribution in [0.25, 0.3) is 0 Å². The molecule has 1 amide bonds. The Balaban J connectivity index is 1.53. The van der Waals surface area contributed by atoms with E-state index in [4.69, 9.17) is 0 Å². The van der Waals surface area contributed by atoms with Crippen LogP contribution in [-0.4, -0.2) is 5.91 Å². The fourth-order valence-corrected chi connectivity index (χ4v) is 3.31. The summed E-state index contributed by atoms with van der Waals surface area (Å²) >= 11 is 0. The molecule has 3 nitrogen and oxygen atoms in total. The Morgan fingerprint density at radius 2 is 1.69 bits per heavy atom. The Morgan fingerprint density at radius 1 is 1.00 bits per heavy atom. The molecular formula is C23H28N2O. The number of allylic oxidation sites excluding steroid dienone is 2. The Bertz CT molecular complexity index is 770. The monoisotopic (exact) mass is 348 g/mol. The third-order valence-electron chi connectivity index (χ3n) is 5.03. The third kappa shape index (κ3) is 4.54. The van der Waals surface area contributed by atoms with Gasteiger partial charge in [-0.1, -0.05) is 69.3 Å². The molecule has 1 aliphatic rings. The molecule has 0 aliphatic heterocycles. The first-order valence-electron chi connectivity index (χ1n) is 9.34. The summed E-state index contributed by atoms with van der Waals surface area (Å²) in [4.78, 5) is 12.3. The summed E-state index contributed by atoms with van der Waals surface area (Å²) in [6, 6.07) is 18.5. The van der Waals surface area contributed by atoms with Gasteiger partial charge in [-0.05, 0) is 53.9 Å². The third-order valence-corrected chi connectivity index (χ3v) is 5.03. The van der Waals surface area contributed by atoms with Crippen LogP contribution in [-0.2, 0) is 5.41 Å². The molecule has 3 rings (SSSR count). The van der Waals surface area contributed by atoms with Crippen molar-refractivity contribution >= 4 is 5.91 Å². The highest BCUT2D eigenvalue weighted by atomic mass is 16.2. The fourth-order valence-electron chi connectivity index (χ4n) is 3.31. The standard InChI is InChI=1S/C23H28N2O/c1-23(2,3)20-13-9-19(10-14-20)22(26)25-24-21-15-11-18(12-16-21)17-7-5-4-6-8-17/h4-10,13-15,18,24H,11-12,16H2,1-3H3,(H,25,26)/t18-/m1/s1. The van der Waals surface area contributed by atoms with Gasteiger partial charge >= 0.3 is 0 Å². The van der Waals surface area contributed by atoms with E-state index in [1.165, 1.54) is 11.1 Å². The van der Waals surface area contributed by atoms with Gasteiger partial charge in [-0.25, -0.2) is 0 Å². The van der Waals surface area contributed by atoms with E-state index in [0.717, 1.165) is 25.0 Å². The van der Waals surface area contributed by atoms with Gasteiger partial charge in [0, 0.05) is 11.3 Å². The van der Waals surface area contributed by atoms with Gasteiger partial charge in [0.2, 0.25) is 0 Å². The summed E-state index contributed by atoms with van der Waals surface area (Å²) in [5.41, 5.74) is 10.4. The zero-order valence-corrected chi connectivity index (χ0v) is 15.9. The average Bonchev–Trinajstić information content (AvgIpc) is 2.66. The molecule has 0 unspecified atom stereocenters. The van der Waals surface area contributed by atoms with Gasteiger partial charge in [0.1, 0.15) is 0 Å². The fraction of sp³-hybridized carbons (Fsp3) is 0.348. The van der Waals surface area contributed by atoms with Gasteiger partial charge in [-0.15, -0.1) is 0 Å². The van der Waals surface area contributed by atoms with Crippen LogP contribution in [0, 0.1) is 0 Å². The molecule has 0 saturated carbocycles. The smallest absolute Gasteiger partial charge is 0.269 e. The van der Waals surface area contributed by atoms with Crippen molar-refractivity contribution in [2.24, 2.45) is 0 Å². The molecule has 3 heteroatoms. The zero-order chi connectivity index (χ0) is 18.6. The molecule has 0 aromatic heterocycles. The molecule has 0 saturated heterocycles. The summed E-state index contributed by atoms with van der Waals surface area (Å²) in [6.45, 7) is 6.51. The Morgan fingerprint density at radius 3 is 2.27 bits per heavy atom. The van der Waals surface area contributed by atoms with Crippen molar-refractivity contribution in [3.63, 3.8) is 0 Å². The summed E-state index contributed by atoms with van der Waals surface area (Å²) in [7, 11) is 0. The van der Waals surface area contributed by atoms with E-state index in [1.807, 2.05) is 24.3 Å². The summed E-state index contributed by atoms with van der Waals surface area (Å²) in [5, 5.41) is 0. The predicted octanol–water partition coefficient (Wildman–Crippen LogP) is 5.07. The lowest BCUT2D eigenvalue weighted by Crippen LogP contribution is -2.37. The van der Waals surface area contributed by atoms with Gasteiger partial charge in [0.25, 0.3) is 5.91 Å². The Hall–Kier alpha value is -2.55. The second kappa shape index (κ2) is 7.77. The topological polar surface area (TPSA) is 41.1 Å². The lowest BCUT2D eigenvalue weighted by molar-refractivity contribution is 0.0938. The van der Waals surface area contributed by atoms with E-state index in [9.17, 15) is 4.79 Å². The van der Waals surface area contributed by atoms with Crippen molar-refractivity contribution in [2.45, 2.75) is 51.4 Å². The minimum Gasteiger partial charge on any atom is -0.303 e. The van der Waals surface area contributed by atoms with E-state index in [-0.39, 0.29) is 11.3 Å². The number of hydrazine groups is 1. The first-order valence-corrected chi connectivity index (χ1v) is 9.34. The first kappa shape index (κ1) is 18.2. The highest BCUT2D eigenvalue weighted by molar-refractivity contribution is 5.93. The SMILES string of the molecule is CC(C)(C)c1ccc(C(=O)NNC2=CC[C@@H](c3ccccc3)CC2)cc1. The van der Waals surface area contributed by atoms with Crippen LogP contribution in [0.2, 0.25) is 0 Å². The lowest BCUT2D eigenvalue weighted by atomic mass is 9.86. The number of rotatable bonds is 4. The van der Waals surface area contributed by atoms with Crippen LogP contribution in [0.1, 0.15) is 67.4 Å². The quantitative estimate of drug-likeness (QED) is 0.757. The molecule has 26 heavy (non-hydrogen) atoms. The molecule has 2 aromatic rings. The maximum Gasteiger partial charge on any atom is 0.269 e. The number of carbonyl (C=O) groups excluding carboxylic acids is 1. The van der Waals surface area contributed by atoms with Crippen molar-refractivity contribution in [3.05, 3.63) is 83.1 Å². The van der Waals surface area contributed by atoms with E-state index < -0.39 is 0 Å². The molecule has 1 aliphatic carbocycles. The molecule has 0 spiro atoms. The molecule has 2 N–H and O–H groups in total.